The second kappa shape index (κ2) is 6.11. The van der Waals surface area contributed by atoms with E-state index in [2.05, 4.69) is 25.1 Å². The van der Waals surface area contributed by atoms with E-state index in [1.165, 1.54) is 0 Å². The molecule has 1 aliphatic rings. The number of hydrogen-bond acceptors (Lipinski definition) is 6. The Morgan fingerprint density at radius 2 is 2.00 bits per heavy atom. The Bertz CT molecular complexity index is 455. The second-order valence-corrected chi connectivity index (χ2v) is 6.10. The molecule has 1 fully saturated rings. The number of aliphatic hydroxyl groups is 1. The second-order valence-electron chi connectivity index (χ2n) is 5.69. The van der Waals surface area contributed by atoms with Crippen molar-refractivity contribution in [2.75, 3.05) is 50.0 Å². The molecule has 1 saturated heterocycles. The van der Waals surface area contributed by atoms with Gasteiger partial charge < -0.3 is 15.3 Å². The molecule has 0 atom stereocenters. The predicted molar refractivity (Wildman–Crippen MR) is 81.5 cm³/mol. The fourth-order valence-corrected chi connectivity index (χ4v) is 2.58. The fraction of sp³-hybridized carbons (Fsp3) is 0.692. The van der Waals surface area contributed by atoms with E-state index in [9.17, 15) is 5.11 Å². The summed E-state index contributed by atoms with van der Waals surface area (Å²) in [6.07, 6.45) is 1.62. The smallest absolute Gasteiger partial charge is 0.224 e. The highest BCUT2D eigenvalue weighted by molar-refractivity contribution is 6.32. The van der Waals surface area contributed by atoms with Crippen molar-refractivity contribution in [3.63, 3.8) is 0 Å². The van der Waals surface area contributed by atoms with Crippen LogP contribution in [-0.2, 0) is 0 Å². The molecule has 0 spiro atoms. The van der Waals surface area contributed by atoms with Crippen LogP contribution in [0.15, 0.2) is 6.20 Å². The van der Waals surface area contributed by atoms with Crippen molar-refractivity contribution in [1.29, 1.82) is 0 Å². The van der Waals surface area contributed by atoms with Crippen LogP contribution in [0.2, 0.25) is 5.02 Å². The van der Waals surface area contributed by atoms with E-state index < -0.39 is 5.60 Å². The Morgan fingerprint density at radius 1 is 1.35 bits per heavy atom. The minimum Gasteiger partial charge on any atom is -0.389 e. The van der Waals surface area contributed by atoms with Gasteiger partial charge in [0, 0.05) is 39.8 Å². The molecular formula is C13H22ClN5O. The maximum Gasteiger partial charge on any atom is 0.224 e. The fourth-order valence-electron chi connectivity index (χ4n) is 2.37. The number of β-amino-alcohol motifs (C(OH)–C–C–N with tert-alkyl or cyclic N) is 1. The van der Waals surface area contributed by atoms with Crippen LogP contribution in [0.1, 0.15) is 13.8 Å². The molecule has 1 aliphatic heterocycles. The van der Waals surface area contributed by atoms with E-state index in [-0.39, 0.29) is 0 Å². The zero-order valence-corrected chi connectivity index (χ0v) is 13.0. The third kappa shape index (κ3) is 3.94. The standard InChI is InChI=1S/C13H22ClN5O/c1-13(2,20)9-18-4-6-19(7-5-18)11-10(14)8-16-12(15-3)17-11/h8,20H,4-7,9H2,1-3H3,(H,15,16,17). The Morgan fingerprint density at radius 3 is 2.55 bits per heavy atom. The van der Waals surface area contributed by atoms with Gasteiger partial charge in [-0.05, 0) is 13.8 Å². The van der Waals surface area contributed by atoms with E-state index in [1.807, 2.05) is 13.8 Å². The number of hydrogen-bond donors (Lipinski definition) is 2. The number of nitrogens with one attached hydrogen (secondary N) is 1. The summed E-state index contributed by atoms with van der Waals surface area (Å²) < 4.78 is 0. The van der Waals surface area contributed by atoms with Crippen molar-refractivity contribution < 1.29 is 5.11 Å². The predicted octanol–water partition coefficient (Wildman–Crippen LogP) is 1.06. The highest BCUT2D eigenvalue weighted by Crippen LogP contribution is 2.24. The maximum absolute atomic E-state index is 9.86. The van der Waals surface area contributed by atoms with Gasteiger partial charge in [0.15, 0.2) is 5.82 Å². The minimum atomic E-state index is -0.659. The van der Waals surface area contributed by atoms with Crippen LogP contribution in [-0.4, -0.2) is 65.3 Å². The molecule has 0 radical (unpaired) electrons. The van der Waals surface area contributed by atoms with Crippen LogP contribution >= 0.6 is 11.6 Å². The maximum atomic E-state index is 9.86. The van der Waals surface area contributed by atoms with E-state index in [1.54, 1.807) is 13.2 Å². The first-order chi connectivity index (χ1) is 9.39. The van der Waals surface area contributed by atoms with Crippen molar-refractivity contribution in [2.45, 2.75) is 19.4 Å². The quantitative estimate of drug-likeness (QED) is 0.867. The van der Waals surface area contributed by atoms with E-state index in [0.717, 1.165) is 32.0 Å². The van der Waals surface area contributed by atoms with Gasteiger partial charge in [0.25, 0.3) is 0 Å². The van der Waals surface area contributed by atoms with Crippen molar-refractivity contribution in [1.82, 2.24) is 14.9 Å². The molecule has 2 N–H and O–H groups in total. The number of nitrogens with zero attached hydrogens (tertiary/aromatic N) is 4. The molecule has 0 aromatic carbocycles. The van der Waals surface area contributed by atoms with Gasteiger partial charge in [-0.3, -0.25) is 4.90 Å². The van der Waals surface area contributed by atoms with Crippen LogP contribution < -0.4 is 10.2 Å². The SMILES string of the molecule is CNc1ncc(Cl)c(N2CCN(CC(C)(C)O)CC2)n1. The Hall–Kier alpha value is -1.11. The van der Waals surface area contributed by atoms with Gasteiger partial charge in [0.1, 0.15) is 5.02 Å². The molecular weight excluding hydrogens is 278 g/mol. The topological polar surface area (TPSA) is 64.5 Å². The molecule has 0 saturated carbocycles. The lowest BCUT2D eigenvalue weighted by Gasteiger charge is -2.38. The van der Waals surface area contributed by atoms with Crippen LogP contribution in [0.3, 0.4) is 0 Å². The molecule has 2 heterocycles. The normalized spacial score (nSPS) is 17.4. The van der Waals surface area contributed by atoms with E-state index in [0.29, 0.717) is 17.5 Å². The Labute approximate surface area is 124 Å². The number of rotatable bonds is 4. The van der Waals surface area contributed by atoms with Crippen LogP contribution in [0.5, 0.6) is 0 Å². The van der Waals surface area contributed by atoms with Crippen molar-refractivity contribution in [3.05, 3.63) is 11.2 Å². The first-order valence-corrected chi connectivity index (χ1v) is 7.17. The van der Waals surface area contributed by atoms with E-state index in [4.69, 9.17) is 11.6 Å². The molecule has 1 aromatic rings. The third-order valence-electron chi connectivity index (χ3n) is 3.23. The summed E-state index contributed by atoms with van der Waals surface area (Å²) in [6, 6.07) is 0. The molecule has 0 unspecified atom stereocenters. The third-order valence-corrected chi connectivity index (χ3v) is 3.50. The minimum absolute atomic E-state index is 0.569. The molecule has 0 bridgehead atoms. The molecule has 1 aromatic heterocycles. The highest BCUT2D eigenvalue weighted by Gasteiger charge is 2.24. The van der Waals surface area contributed by atoms with Gasteiger partial charge in [-0.2, -0.15) is 4.98 Å². The number of aromatic nitrogens is 2. The molecule has 0 aliphatic carbocycles. The molecule has 0 amide bonds. The summed E-state index contributed by atoms with van der Waals surface area (Å²) in [5.74, 6) is 1.34. The summed E-state index contributed by atoms with van der Waals surface area (Å²) in [4.78, 5) is 12.9. The lowest BCUT2D eigenvalue weighted by Crippen LogP contribution is -2.50. The summed E-state index contributed by atoms with van der Waals surface area (Å²) in [7, 11) is 1.79. The summed E-state index contributed by atoms with van der Waals surface area (Å²) in [6.45, 7) is 7.81. The summed E-state index contributed by atoms with van der Waals surface area (Å²) >= 11 is 6.18. The van der Waals surface area contributed by atoms with Crippen LogP contribution in [0, 0.1) is 0 Å². The van der Waals surface area contributed by atoms with Gasteiger partial charge in [-0.25, -0.2) is 4.98 Å². The van der Waals surface area contributed by atoms with E-state index >= 15 is 0 Å². The first kappa shape index (κ1) is 15.3. The molecule has 20 heavy (non-hydrogen) atoms. The van der Waals surface area contributed by atoms with Crippen LogP contribution in [0.25, 0.3) is 0 Å². The molecule has 112 valence electrons. The first-order valence-electron chi connectivity index (χ1n) is 6.79. The average molecular weight is 300 g/mol. The van der Waals surface area contributed by atoms with Gasteiger partial charge in [-0.15, -0.1) is 0 Å². The monoisotopic (exact) mass is 299 g/mol. The number of halogens is 1. The zero-order valence-electron chi connectivity index (χ0n) is 12.2. The van der Waals surface area contributed by atoms with Crippen molar-refractivity contribution >= 4 is 23.4 Å². The van der Waals surface area contributed by atoms with Gasteiger partial charge in [0.05, 0.1) is 11.8 Å². The molecule has 2 rings (SSSR count). The summed E-state index contributed by atoms with van der Waals surface area (Å²) in [5, 5.41) is 13.4. The average Bonchev–Trinajstić information content (AvgIpc) is 2.39. The number of piperazine rings is 1. The molecule has 6 nitrogen and oxygen atoms in total. The Balaban J connectivity index is 2.00. The van der Waals surface area contributed by atoms with Gasteiger partial charge in [0.2, 0.25) is 5.95 Å². The largest absolute Gasteiger partial charge is 0.389 e. The zero-order chi connectivity index (χ0) is 14.8. The molecule has 7 heteroatoms. The van der Waals surface area contributed by atoms with Crippen molar-refractivity contribution in [2.24, 2.45) is 0 Å². The Kier molecular flexibility index (Phi) is 4.67. The number of anilines is 2. The highest BCUT2D eigenvalue weighted by atomic mass is 35.5. The van der Waals surface area contributed by atoms with Gasteiger partial charge >= 0.3 is 0 Å². The van der Waals surface area contributed by atoms with Gasteiger partial charge in [-0.1, -0.05) is 11.6 Å². The van der Waals surface area contributed by atoms with Crippen LogP contribution in [0.4, 0.5) is 11.8 Å². The summed E-state index contributed by atoms with van der Waals surface area (Å²) in [5.41, 5.74) is -0.659. The lowest BCUT2D eigenvalue weighted by atomic mass is 10.1. The van der Waals surface area contributed by atoms with Crippen molar-refractivity contribution in [3.8, 4) is 0 Å². The lowest BCUT2D eigenvalue weighted by molar-refractivity contribution is 0.0344.